The first-order valence-corrected chi connectivity index (χ1v) is 7.68. The van der Waals surface area contributed by atoms with Crippen LogP contribution in [-0.4, -0.2) is 23.6 Å². The maximum absolute atomic E-state index is 13.1. The van der Waals surface area contributed by atoms with Crippen LogP contribution in [0, 0.1) is 11.3 Å². The van der Waals surface area contributed by atoms with Gasteiger partial charge >= 0.3 is 6.18 Å². The fourth-order valence-electron chi connectivity index (χ4n) is 2.11. The van der Waals surface area contributed by atoms with Gasteiger partial charge in [-0.05, 0) is 18.6 Å². The molecule has 1 heterocycles. The molecule has 0 bridgehead atoms. The number of rotatable bonds is 6. The highest BCUT2D eigenvalue weighted by Gasteiger charge is 2.36. The first-order chi connectivity index (χ1) is 11.9. The van der Waals surface area contributed by atoms with Gasteiger partial charge in [0.25, 0.3) is 0 Å². The standard InChI is InChI=1S/C17H17F3N4O/c1-3-4-9-25-15-13(17(18,19)20)11-22-16(23-15)24(2)14-8-6-5-7-12(14)10-21/h5-8,11H,3-4,9H2,1-2H3. The predicted octanol–water partition coefficient (Wildman–Crippen LogP) is 4.31. The van der Waals surface area contributed by atoms with Crippen molar-refractivity contribution in [3.05, 3.63) is 41.6 Å². The van der Waals surface area contributed by atoms with E-state index in [-0.39, 0.29) is 12.6 Å². The molecule has 132 valence electrons. The van der Waals surface area contributed by atoms with Crippen LogP contribution in [0.1, 0.15) is 30.9 Å². The van der Waals surface area contributed by atoms with E-state index < -0.39 is 17.6 Å². The molecular formula is C17H17F3N4O. The molecule has 0 aliphatic heterocycles. The molecule has 0 spiro atoms. The average molecular weight is 350 g/mol. The summed E-state index contributed by atoms with van der Waals surface area (Å²) in [5.74, 6) is -0.491. The molecule has 0 amide bonds. The summed E-state index contributed by atoms with van der Waals surface area (Å²) in [4.78, 5) is 9.17. The second-order valence-electron chi connectivity index (χ2n) is 5.28. The lowest BCUT2D eigenvalue weighted by Gasteiger charge is -2.20. The van der Waals surface area contributed by atoms with Gasteiger partial charge in [0.15, 0.2) is 0 Å². The van der Waals surface area contributed by atoms with Gasteiger partial charge in [0.2, 0.25) is 11.8 Å². The van der Waals surface area contributed by atoms with Crippen molar-refractivity contribution >= 4 is 11.6 Å². The smallest absolute Gasteiger partial charge is 0.423 e. The van der Waals surface area contributed by atoms with E-state index in [1.165, 1.54) is 4.90 Å². The van der Waals surface area contributed by atoms with Gasteiger partial charge in [-0.25, -0.2) is 4.98 Å². The second-order valence-corrected chi connectivity index (χ2v) is 5.28. The summed E-state index contributed by atoms with van der Waals surface area (Å²) < 4.78 is 44.6. The molecule has 0 unspecified atom stereocenters. The molecular weight excluding hydrogens is 333 g/mol. The van der Waals surface area contributed by atoms with Crippen molar-refractivity contribution in [2.75, 3.05) is 18.6 Å². The van der Waals surface area contributed by atoms with Gasteiger partial charge in [0, 0.05) is 13.2 Å². The summed E-state index contributed by atoms with van der Waals surface area (Å²) >= 11 is 0. The van der Waals surface area contributed by atoms with Crippen LogP contribution < -0.4 is 9.64 Å². The summed E-state index contributed by atoms with van der Waals surface area (Å²) in [7, 11) is 1.58. The summed E-state index contributed by atoms with van der Waals surface area (Å²) in [6, 6.07) is 8.71. The number of para-hydroxylation sites is 1. The Balaban J connectivity index is 2.41. The summed E-state index contributed by atoms with van der Waals surface area (Å²) in [5, 5.41) is 9.17. The Bertz CT molecular complexity index is 771. The second kappa shape index (κ2) is 7.83. The molecule has 0 fully saturated rings. The molecule has 0 saturated carbocycles. The normalized spacial score (nSPS) is 11.0. The van der Waals surface area contributed by atoms with Gasteiger partial charge in [-0.15, -0.1) is 0 Å². The van der Waals surface area contributed by atoms with Gasteiger partial charge < -0.3 is 9.64 Å². The number of unbranched alkanes of at least 4 members (excludes halogenated alkanes) is 1. The van der Waals surface area contributed by atoms with Gasteiger partial charge in [-0.2, -0.15) is 23.4 Å². The minimum absolute atomic E-state index is 0.0159. The van der Waals surface area contributed by atoms with E-state index in [9.17, 15) is 18.4 Å². The van der Waals surface area contributed by atoms with E-state index in [1.807, 2.05) is 13.0 Å². The summed E-state index contributed by atoms with van der Waals surface area (Å²) in [6.45, 7) is 2.04. The number of nitriles is 1. The third-order valence-corrected chi connectivity index (χ3v) is 3.47. The van der Waals surface area contributed by atoms with Crippen LogP contribution in [0.15, 0.2) is 30.5 Å². The minimum Gasteiger partial charge on any atom is -0.477 e. The Morgan fingerprint density at radius 1 is 1.28 bits per heavy atom. The van der Waals surface area contributed by atoms with Gasteiger partial charge in [-0.3, -0.25) is 0 Å². The summed E-state index contributed by atoms with van der Waals surface area (Å²) in [6.07, 6.45) is -2.50. The van der Waals surface area contributed by atoms with E-state index in [4.69, 9.17) is 4.74 Å². The summed E-state index contributed by atoms with van der Waals surface area (Å²) in [5.41, 5.74) is -0.166. The molecule has 2 aromatic rings. The van der Waals surface area contributed by atoms with Crippen LogP contribution in [0.5, 0.6) is 5.88 Å². The maximum Gasteiger partial charge on any atom is 0.423 e. The average Bonchev–Trinajstić information content (AvgIpc) is 2.60. The third kappa shape index (κ3) is 4.38. The van der Waals surface area contributed by atoms with E-state index in [0.29, 0.717) is 23.9 Å². The molecule has 25 heavy (non-hydrogen) atoms. The van der Waals surface area contributed by atoms with Crippen LogP contribution in [0.25, 0.3) is 0 Å². The van der Waals surface area contributed by atoms with Gasteiger partial charge in [-0.1, -0.05) is 25.5 Å². The molecule has 1 aromatic carbocycles. The van der Waals surface area contributed by atoms with Crippen molar-refractivity contribution in [1.29, 1.82) is 5.26 Å². The molecule has 0 N–H and O–H groups in total. The highest BCUT2D eigenvalue weighted by Crippen LogP contribution is 2.36. The molecule has 0 aliphatic rings. The lowest BCUT2D eigenvalue weighted by Crippen LogP contribution is -2.18. The molecule has 5 nitrogen and oxygen atoms in total. The number of anilines is 2. The molecule has 0 aliphatic carbocycles. The third-order valence-electron chi connectivity index (χ3n) is 3.47. The van der Waals surface area contributed by atoms with Crippen LogP contribution in [-0.2, 0) is 6.18 Å². The molecule has 0 saturated heterocycles. The van der Waals surface area contributed by atoms with Crippen molar-refractivity contribution in [2.24, 2.45) is 0 Å². The van der Waals surface area contributed by atoms with Crippen molar-refractivity contribution in [3.63, 3.8) is 0 Å². The van der Waals surface area contributed by atoms with E-state index in [2.05, 4.69) is 9.97 Å². The highest BCUT2D eigenvalue weighted by molar-refractivity contribution is 5.65. The largest absolute Gasteiger partial charge is 0.477 e. The number of hydrogen-bond donors (Lipinski definition) is 0. The zero-order chi connectivity index (χ0) is 18.4. The SMILES string of the molecule is CCCCOc1nc(N(C)c2ccccc2C#N)ncc1C(F)(F)F. The Morgan fingerprint density at radius 3 is 2.64 bits per heavy atom. The lowest BCUT2D eigenvalue weighted by molar-refractivity contribution is -0.139. The Kier molecular flexibility index (Phi) is 5.80. The number of aromatic nitrogens is 2. The zero-order valence-corrected chi connectivity index (χ0v) is 13.8. The highest BCUT2D eigenvalue weighted by atomic mass is 19.4. The van der Waals surface area contributed by atoms with Crippen molar-refractivity contribution in [1.82, 2.24) is 9.97 Å². The number of halogens is 3. The lowest BCUT2D eigenvalue weighted by atomic mass is 10.2. The van der Waals surface area contributed by atoms with Crippen molar-refractivity contribution in [2.45, 2.75) is 25.9 Å². The van der Waals surface area contributed by atoms with Crippen molar-refractivity contribution in [3.8, 4) is 11.9 Å². The Hall–Kier alpha value is -2.82. The van der Waals surface area contributed by atoms with Crippen LogP contribution in [0.3, 0.4) is 0 Å². The van der Waals surface area contributed by atoms with E-state index in [0.717, 1.165) is 6.42 Å². The zero-order valence-electron chi connectivity index (χ0n) is 13.8. The molecule has 0 radical (unpaired) electrons. The number of ether oxygens (including phenoxy) is 1. The van der Waals surface area contributed by atoms with E-state index >= 15 is 0 Å². The first kappa shape index (κ1) is 18.5. The van der Waals surface area contributed by atoms with Crippen LogP contribution in [0.4, 0.5) is 24.8 Å². The molecule has 2 rings (SSSR count). The number of benzene rings is 1. The molecule has 1 aromatic heterocycles. The fraction of sp³-hybridized carbons (Fsp3) is 0.353. The fourth-order valence-corrected chi connectivity index (χ4v) is 2.11. The van der Waals surface area contributed by atoms with Gasteiger partial charge in [0.1, 0.15) is 11.6 Å². The molecule has 0 atom stereocenters. The quantitative estimate of drug-likeness (QED) is 0.726. The van der Waals surface area contributed by atoms with Gasteiger partial charge in [0.05, 0.1) is 17.9 Å². The number of nitrogens with zero attached hydrogens (tertiary/aromatic N) is 4. The molecule has 8 heteroatoms. The Labute approximate surface area is 143 Å². The van der Waals surface area contributed by atoms with Crippen LogP contribution in [0.2, 0.25) is 0 Å². The number of alkyl halides is 3. The topological polar surface area (TPSA) is 62.0 Å². The Morgan fingerprint density at radius 2 is 2.00 bits per heavy atom. The van der Waals surface area contributed by atoms with Crippen molar-refractivity contribution < 1.29 is 17.9 Å². The minimum atomic E-state index is -4.61. The van der Waals surface area contributed by atoms with Crippen LogP contribution >= 0.6 is 0 Å². The predicted molar refractivity (Wildman–Crippen MR) is 86.7 cm³/mol. The monoisotopic (exact) mass is 350 g/mol. The maximum atomic E-state index is 13.1. The first-order valence-electron chi connectivity index (χ1n) is 7.68. The number of hydrogen-bond acceptors (Lipinski definition) is 5. The van der Waals surface area contributed by atoms with E-state index in [1.54, 1.807) is 31.3 Å².